The van der Waals surface area contributed by atoms with Gasteiger partial charge in [0.2, 0.25) is 0 Å². The van der Waals surface area contributed by atoms with Crippen LogP contribution in [-0.2, 0) is 65.4 Å². The van der Waals surface area contributed by atoms with Crippen LogP contribution in [-0.4, -0.2) is 96.7 Å². The molecular formula is C68H132O17P2. The van der Waals surface area contributed by atoms with Crippen molar-refractivity contribution in [3.05, 3.63) is 0 Å². The summed E-state index contributed by atoms with van der Waals surface area (Å²) in [6.45, 7) is 7.23. The number of carbonyl (C=O) groups is 4. The van der Waals surface area contributed by atoms with E-state index < -0.39 is 97.5 Å². The van der Waals surface area contributed by atoms with E-state index in [4.69, 9.17) is 37.0 Å². The summed E-state index contributed by atoms with van der Waals surface area (Å²) in [4.78, 5) is 72.4. The summed E-state index contributed by atoms with van der Waals surface area (Å²) in [5, 5.41) is 10.6. The molecule has 0 aliphatic heterocycles. The molecule has 0 saturated carbocycles. The summed E-state index contributed by atoms with van der Waals surface area (Å²) < 4.78 is 68.2. The minimum absolute atomic E-state index is 0.107. The standard InChI is InChI=1S/C68H132O17P2/c1-6-9-12-15-18-21-26-32-37-42-47-52-66(71)79-58-64(85-68(73)54-49-44-39-34-29-25-24-28-30-35-40-45-50-61(4)5)60-83-87(76,77)81-56-62(69)55-80-86(74,75)82-59-63(57-78-65(70)51-46-41-36-31-23-20-17-14-11-8-3)84-67(72)53-48-43-38-33-27-22-19-16-13-10-7-2/h61-64,69H,6-60H2,1-5H3,(H,74,75)(H,76,77)/t62-,63+,64+/m0/s1. The number of hydrogen-bond acceptors (Lipinski definition) is 15. The number of hydrogen-bond donors (Lipinski definition) is 3. The maximum Gasteiger partial charge on any atom is 0.472 e. The van der Waals surface area contributed by atoms with Crippen LogP contribution in [0.2, 0.25) is 0 Å². The average molecular weight is 1280 g/mol. The average Bonchev–Trinajstić information content (AvgIpc) is 3.52. The quantitative estimate of drug-likeness (QED) is 0.0222. The molecule has 0 rings (SSSR count). The number of phosphoric ester groups is 2. The molecule has 0 aliphatic rings. The van der Waals surface area contributed by atoms with Gasteiger partial charge in [-0.1, -0.05) is 298 Å². The third-order valence-electron chi connectivity index (χ3n) is 15.8. The van der Waals surface area contributed by atoms with Crippen molar-refractivity contribution in [1.29, 1.82) is 0 Å². The van der Waals surface area contributed by atoms with Crippen LogP contribution in [0.25, 0.3) is 0 Å². The first-order chi connectivity index (χ1) is 42.0. The van der Waals surface area contributed by atoms with Gasteiger partial charge < -0.3 is 33.8 Å². The number of carbonyl (C=O) groups excluding carboxylic acids is 4. The molecule has 2 unspecified atom stereocenters. The van der Waals surface area contributed by atoms with Gasteiger partial charge in [-0.25, -0.2) is 9.13 Å². The molecule has 0 aromatic heterocycles. The Morgan fingerprint density at radius 2 is 0.529 bits per heavy atom. The van der Waals surface area contributed by atoms with Crippen molar-refractivity contribution in [1.82, 2.24) is 0 Å². The van der Waals surface area contributed by atoms with Gasteiger partial charge >= 0.3 is 39.5 Å². The van der Waals surface area contributed by atoms with Gasteiger partial charge in [-0.2, -0.15) is 0 Å². The predicted molar refractivity (Wildman–Crippen MR) is 349 cm³/mol. The zero-order chi connectivity index (χ0) is 64.2. The minimum atomic E-state index is -4.95. The van der Waals surface area contributed by atoms with Crippen LogP contribution >= 0.6 is 15.6 Å². The normalized spacial score (nSPS) is 14.1. The van der Waals surface area contributed by atoms with E-state index in [0.717, 1.165) is 95.8 Å². The van der Waals surface area contributed by atoms with E-state index in [-0.39, 0.29) is 25.7 Å². The van der Waals surface area contributed by atoms with Gasteiger partial charge in [-0.15, -0.1) is 0 Å². The Morgan fingerprint density at radius 3 is 0.782 bits per heavy atom. The lowest BCUT2D eigenvalue weighted by Crippen LogP contribution is -2.30. The zero-order valence-corrected chi connectivity index (χ0v) is 57.9. The highest BCUT2D eigenvalue weighted by Gasteiger charge is 2.30. The summed E-state index contributed by atoms with van der Waals surface area (Å²) in [7, 11) is -9.89. The number of rotatable bonds is 68. The van der Waals surface area contributed by atoms with Crippen molar-refractivity contribution >= 4 is 39.5 Å². The summed E-state index contributed by atoms with van der Waals surface area (Å²) in [5.74, 6) is -1.35. The molecule has 0 amide bonds. The Labute approximate surface area is 530 Å². The molecule has 0 saturated heterocycles. The molecule has 0 bridgehead atoms. The van der Waals surface area contributed by atoms with Gasteiger partial charge in [0.05, 0.1) is 26.4 Å². The molecule has 17 nitrogen and oxygen atoms in total. The summed E-state index contributed by atoms with van der Waals surface area (Å²) in [5.41, 5.74) is 0. The molecule has 19 heteroatoms. The number of unbranched alkanes of at least 4 members (excludes halogenated alkanes) is 40. The van der Waals surface area contributed by atoms with E-state index >= 15 is 0 Å². The van der Waals surface area contributed by atoms with Gasteiger partial charge in [0.15, 0.2) is 12.2 Å². The lowest BCUT2D eigenvalue weighted by Gasteiger charge is -2.21. The molecule has 5 atom stereocenters. The molecular weight excluding hydrogens is 1150 g/mol. The highest BCUT2D eigenvalue weighted by molar-refractivity contribution is 7.47. The fourth-order valence-corrected chi connectivity index (χ4v) is 11.9. The van der Waals surface area contributed by atoms with E-state index in [2.05, 4.69) is 34.6 Å². The van der Waals surface area contributed by atoms with E-state index in [1.54, 1.807) is 0 Å². The fourth-order valence-electron chi connectivity index (χ4n) is 10.3. The Bertz CT molecular complexity index is 1690. The van der Waals surface area contributed by atoms with Gasteiger partial charge in [-0.3, -0.25) is 37.3 Å². The maximum absolute atomic E-state index is 13.0. The van der Waals surface area contributed by atoms with Crippen LogP contribution in [0.3, 0.4) is 0 Å². The minimum Gasteiger partial charge on any atom is -0.462 e. The maximum atomic E-state index is 13.0. The number of aliphatic hydroxyl groups is 1. The van der Waals surface area contributed by atoms with Crippen molar-refractivity contribution in [2.24, 2.45) is 5.92 Å². The van der Waals surface area contributed by atoms with Crippen molar-refractivity contribution < 1.29 is 80.2 Å². The van der Waals surface area contributed by atoms with Crippen molar-refractivity contribution in [2.75, 3.05) is 39.6 Å². The molecule has 0 radical (unpaired) electrons. The van der Waals surface area contributed by atoms with Crippen LogP contribution in [0, 0.1) is 5.92 Å². The Morgan fingerprint density at radius 1 is 0.310 bits per heavy atom. The lowest BCUT2D eigenvalue weighted by molar-refractivity contribution is -0.161. The van der Waals surface area contributed by atoms with Crippen molar-refractivity contribution in [2.45, 2.75) is 368 Å². The number of esters is 4. The van der Waals surface area contributed by atoms with Crippen molar-refractivity contribution in [3.8, 4) is 0 Å². The molecule has 0 aromatic rings. The molecule has 0 aliphatic carbocycles. The van der Waals surface area contributed by atoms with E-state index in [0.29, 0.717) is 25.7 Å². The monoisotopic (exact) mass is 1280 g/mol. The third-order valence-corrected chi connectivity index (χ3v) is 17.7. The van der Waals surface area contributed by atoms with Gasteiger partial charge in [0, 0.05) is 25.7 Å². The molecule has 0 heterocycles. The second kappa shape index (κ2) is 61.6. The Hall–Kier alpha value is -1.94. The van der Waals surface area contributed by atoms with Gasteiger partial charge in [-0.05, 0) is 31.6 Å². The largest absolute Gasteiger partial charge is 0.472 e. The first-order valence-electron chi connectivity index (χ1n) is 35.6. The van der Waals surface area contributed by atoms with E-state index in [1.165, 1.54) is 173 Å². The Kier molecular flexibility index (Phi) is 60.2. The molecule has 87 heavy (non-hydrogen) atoms. The molecule has 0 spiro atoms. The van der Waals surface area contributed by atoms with Crippen LogP contribution < -0.4 is 0 Å². The molecule has 516 valence electrons. The zero-order valence-electron chi connectivity index (χ0n) is 56.2. The van der Waals surface area contributed by atoms with E-state index in [9.17, 15) is 43.2 Å². The number of aliphatic hydroxyl groups excluding tert-OH is 1. The number of phosphoric acid groups is 2. The van der Waals surface area contributed by atoms with Crippen LogP contribution in [0.1, 0.15) is 349 Å². The first-order valence-corrected chi connectivity index (χ1v) is 38.6. The van der Waals surface area contributed by atoms with Crippen LogP contribution in [0.15, 0.2) is 0 Å². The second-order valence-electron chi connectivity index (χ2n) is 25.0. The third kappa shape index (κ3) is 62.6. The molecule has 3 N–H and O–H groups in total. The van der Waals surface area contributed by atoms with Crippen molar-refractivity contribution in [3.63, 3.8) is 0 Å². The summed E-state index contributed by atoms with van der Waals surface area (Å²) >= 11 is 0. The highest BCUT2D eigenvalue weighted by Crippen LogP contribution is 2.45. The second-order valence-corrected chi connectivity index (χ2v) is 27.9. The van der Waals surface area contributed by atoms with Crippen LogP contribution in [0.5, 0.6) is 0 Å². The van der Waals surface area contributed by atoms with Gasteiger partial charge in [0.25, 0.3) is 0 Å². The fraction of sp³-hybridized carbons (Fsp3) is 0.941. The summed E-state index contributed by atoms with van der Waals surface area (Å²) in [6, 6.07) is 0. The highest BCUT2D eigenvalue weighted by atomic mass is 31.2. The van der Waals surface area contributed by atoms with Gasteiger partial charge in [0.1, 0.15) is 19.3 Å². The predicted octanol–water partition coefficient (Wildman–Crippen LogP) is 19.4. The lowest BCUT2D eigenvalue weighted by atomic mass is 10.0. The summed E-state index contributed by atoms with van der Waals surface area (Å²) in [6.07, 6.45) is 47.0. The Balaban J connectivity index is 5.24. The van der Waals surface area contributed by atoms with Crippen LogP contribution in [0.4, 0.5) is 0 Å². The molecule has 0 fully saturated rings. The first kappa shape index (κ1) is 85.1. The topological polar surface area (TPSA) is 237 Å². The number of ether oxygens (including phenoxy) is 4. The molecule has 0 aromatic carbocycles. The SMILES string of the molecule is CCCCCCCCCCCCCC(=O)OC[C@H](COP(=O)(O)OC[C@@H](O)COP(=O)(O)OC[C@@H](COC(=O)CCCCCCCCCCCC)OC(=O)CCCCCCCCCCCCC)OC(=O)CCCCCCCCCCCCCCC(C)C. The smallest absolute Gasteiger partial charge is 0.462 e. The van der Waals surface area contributed by atoms with E-state index in [1.807, 2.05) is 0 Å².